The molecule has 11 heteroatoms. The van der Waals surface area contributed by atoms with Crippen LogP contribution in [0.1, 0.15) is 41.3 Å². The summed E-state index contributed by atoms with van der Waals surface area (Å²) in [6, 6.07) is 4.30. The van der Waals surface area contributed by atoms with E-state index in [2.05, 4.69) is 53.1 Å². The number of nitrogens with one attached hydrogen (secondary N) is 1. The summed E-state index contributed by atoms with van der Waals surface area (Å²) in [5, 5.41) is 15.3. The topological polar surface area (TPSA) is 96.8 Å². The molecule has 1 aliphatic rings. The minimum absolute atomic E-state index is 0.555. The molecule has 0 saturated carbocycles. The van der Waals surface area contributed by atoms with E-state index >= 15 is 0 Å². The van der Waals surface area contributed by atoms with Gasteiger partial charge in [0.25, 0.3) is 0 Å². The number of nitrogens with zero attached hydrogens (tertiary/aromatic N) is 5. The third-order valence-corrected chi connectivity index (χ3v) is 5.78. The van der Waals surface area contributed by atoms with Crippen molar-refractivity contribution < 1.29 is 23.1 Å². The molecule has 180 valence electrons. The number of alkyl halides is 3. The van der Waals surface area contributed by atoms with Gasteiger partial charge in [-0.3, -0.25) is 0 Å². The number of pyridine rings is 1. The maximum atomic E-state index is 10.6. The van der Waals surface area contributed by atoms with Gasteiger partial charge < -0.3 is 14.8 Å². The second-order valence-corrected chi connectivity index (χ2v) is 8.50. The van der Waals surface area contributed by atoms with E-state index in [1.54, 1.807) is 0 Å². The number of aliphatic carboxylic acids is 1. The van der Waals surface area contributed by atoms with E-state index in [-0.39, 0.29) is 0 Å². The maximum Gasteiger partial charge on any atom is 0.490 e. The lowest BCUT2D eigenvalue weighted by Crippen LogP contribution is -2.26. The second-order valence-electron chi connectivity index (χ2n) is 8.50. The van der Waals surface area contributed by atoms with Crippen molar-refractivity contribution in [1.29, 1.82) is 0 Å². The fourth-order valence-corrected chi connectivity index (χ4v) is 4.13. The van der Waals surface area contributed by atoms with Crippen molar-refractivity contribution in [3.8, 4) is 11.3 Å². The van der Waals surface area contributed by atoms with Crippen molar-refractivity contribution in [2.75, 3.05) is 13.1 Å². The lowest BCUT2D eigenvalue weighted by Gasteiger charge is -2.20. The van der Waals surface area contributed by atoms with Crippen LogP contribution in [0.25, 0.3) is 22.6 Å². The smallest absolute Gasteiger partial charge is 0.475 e. The van der Waals surface area contributed by atoms with Gasteiger partial charge in [-0.25, -0.2) is 19.3 Å². The number of halogens is 3. The first-order valence-electron chi connectivity index (χ1n) is 10.9. The molecule has 0 radical (unpaired) electrons. The molecule has 0 amide bonds. The van der Waals surface area contributed by atoms with Crippen LogP contribution in [0.4, 0.5) is 13.2 Å². The van der Waals surface area contributed by atoms with Crippen molar-refractivity contribution in [3.63, 3.8) is 0 Å². The normalized spacial score (nSPS) is 14.9. The Bertz CT molecular complexity index is 1350. The highest BCUT2D eigenvalue weighted by molar-refractivity contribution is 5.73. The summed E-state index contributed by atoms with van der Waals surface area (Å²) in [4.78, 5) is 18.4. The number of piperidine rings is 1. The van der Waals surface area contributed by atoms with Crippen LogP contribution >= 0.6 is 0 Å². The molecule has 0 aromatic carbocycles. The van der Waals surface area contributed by atoms with Gasteiger partial charge in [0.1, 0.15) is 5.65 Å². The van der Waals surface area contributed by atoms with Crippen LogP contribution in [-0.2, 0) is 4.79 Å². The largest absolute Gasteiger partial charge is 0.490 e. The Hall–Kier alpha value is -3.47. The number of carboxylic acid groups (broad SMARTS) is 1. The first-order valence-corrected chi connectivity index (χ1v) is 10.9. The molecule has 5 heterocycles. The minimum atomic E-state index is -5.08. The Balaban J connectivity index is 0.000000344. The van der Waals surface area contributed by atoms with Gasteiger partial charge in [0.2, 0.25) is 0 Å². The Morgan fingerprint density at radius 2 is 1.68 bits per heavy atom. The number of fused-ring (bicyclic) bond motifs is 2. The monoisotopic (exact) mass is 474 g/mol. The fourth-order valence-electron chi connectivity index (χ4n) is 4.13. The Morgan fingerprint density at radius 1 is 1.03 bits per heavy atom. The van der Waals surface area contributed by atoms with Gasteiger partial charge in [0, 0.05) is 23.9 Å². The summed E-state index contributed by atoms with van der Waals surface area (Å²) in [7, 11) is 0. The average molecular weight is 474 g/mol. The van der Waals surface area contributed by atoms with Gasteiger partial charge in [0.15, 0.2) is 5.65 Å². The van der Waals surface area contributed by atoms with Crippen LogP contribution in [0.3, 0.4) is 0 Å². The molecule has 1 aliphatic heterocycles. The highest BCUT2D eigenvalue weighted by Gasteiger charge is 2.38. The molecule has 8 nitrogen and oxygen atoms in total. The summed E-state index contributed by atoms with van der Waals surface area (Å²) in [5.74, 6) is -2.20. The molecule has 5 rings (SSSR count). The standard InChI is InChI=1S/C21H24N6.C2HF3O2/c1-13-8-17(18-9-14(2)21-23-15(3)10-27(21)25-18)11-26-12-19(24-20(13)26)16-4-6-22-7-5-16;3-2(4,5)1(6)7/h8-12,16,22H,4-7H2,1-3H3;(H,6,7). The number of aromatic nitrogens is 5. The number of hydrogen-bond acceptors (Lipinski definition) is 5. The minimum Gasteiger partial charge on any atom is -0.475 e. The lowest BCUT2D eigenvalue weighted by molar-refractivity contribution is -0.192. The average Bonchev–Trinajstić information content (AvgIpc) is 3.38. The van der Waals surface area contributed by atoms with Gasteiger partial charge >= 0.3 is 12.1 Å². The van der Waals surface area contributed by atoms with E-state index in [9.17, 15) is 13.2 Å². The predicted molar refractivity (Wildman–Crippen MR) is 120 cm³/mol. The summed E-state index contributed by atoms with van der Waals surface area (Å²) >= 11 is 0. The highest BCUT2D eigenvalue weighted by atomic mass is 19.4. The molecule has 34 heavy (non-hydrogen) atoms. The zero-order valence-electron chi connectivity index (χ0n) is 19.0. The van der Waals surface area contributed by atoms with Crippen LogP contribution < -0.4 is 5.32 Å². The van der Waals surface area contributed by atoms with Gasteiger partial charge in [-0.2, -0.15) is 18.3 Å². The molecule has 1 fully saturated rings. The zero-order chi connectivity index (χ0) is 24.6. The third-order valence-electron chi connectivity index (χ3n) is 5.78. The molecular formula is C23H25F3N6O2. The molecule has 0 unspecified atom stereocenters. The van der Waals surface area contributed by atoms with Crippen LogP contribution in [0.5, 0.6) is 0 Å². The zero-order valence-corrected chi connectivity index (χ0v) is 19.0. The van der Waals surface area contributed by atoms with E-state index in [4.69, 9.17) is 20.0 Å². The second kappa shape index (κ2) is 9.05. The molecule has 4 aromatic rings. The van der Waals surface area contributed by atoms with Crippen LogP contribution in [0, 0.1) is 20.8 Å². The van der Waals surface area contributed by atoms with Gasteiger partial charge in [-0.15, -0.1) is 0 Å². The predicted octanol–water partition coefficient (Wildman–Crippen LogP) is 4.07. The van der Waals surface area contributed by atoms with E-state index in [1.165, 1.54) is 11.3 Å². The van der Waals surface area contributed by atoms with Crippen molar-refractivity contribution in [2.45, 2.75) is 45.7 Å². The number of hydrogen-bond donors (Lipinski definition) is 2. The Kier molecular flexibility index (Phi) is 6.30. The summed E-state index contributed by atoms with van der Waals surface area (Å²) in [6.07, 6.45) is 3.57. The lowest BCUT2D eigenvalue weighted by atomic mass is 9.95. The highest BCUT2D eigenvalue weighted by Crippen LogP contribution is 2.28. The molecule has 1 saturated heterocycles. The van der Waals surface area contributed by atoms with E-state index < -0.39 is 12.1 Å². The van der Waals surface area contributed by atoms with Gasteiger partial charge in [-0.05, 0) is 70.0 Å². The van der Waals surface area contributed by atoms with Crippen molar-refractivity contribution in [1.82, 2.24) is 29.3 Å². The third kappa shape index (κ3) is 4.89. The Labute approximate surface area is 193 Å². The van der Waals surface area contributed by atoms with Crippen LogP contribution in [0.2, 0.25) is 0 Å². The summed E-state index contributed by atoms with van der Waals surface area (Å²) in [6.45, 7) is 8.37. The van der Waals surface area contributed by atoms with Gasteiger partial charge in [-0.1, -0.05) is 0 Å². The SMILES string of the molecule is Cc1cn2nc(-c3cc(C)c4nc(C5CCNCC5)cn4c3)cc(C)c2n1.O=C(O)C(F)(F)F. The fraction of sp³-hybridized carbons (Fsp3) is 0.391. The molecular weight excluding hydrogens is 449 g/mol. The van der Waals surface area contributed by atoms with Gasteiger partial charge in [0.05, 0.1) is 23.3 Å². The number of rotatable bonds is 2. The van der Waals surface area contributed by atoms with Crippen LogP contribution in [0.15, 0.2) is 30.7 Å². The molecule has 0 spiro atoms. The molecule has 4 aromatic heterocycles. The van der Waals surface area contributed by atoms with E-state index in [0.717, 1.165) is 59.7 Å². The number of imidazole rings is 2. The maximum absolute atomic E-state index is 10.6. The molecule has 0 aliphatic carbocycles. The number of carbonyl (C=O) groups is 1. The molecule has 0 atom stereocenters. The van der Waals surface area contributed by atoms with E-state index in [0.29, 0.717) is 5.92 Å². The van der Waals surface area contributed by atoms with Crippen molar-refractivity contribution in [2.24, 2.45) is 0 Å². The van der Waals surface area contributed by atoms with Crippen LogP contribution in [-0.4, -0.2) is 54.3 Å². The molecule has 0 bridgehead atoms. The Morgan fingerprint density at radius 3 is 2.32 bits per heavy atom. The van der Waals surface area contributed by atoms with Crippen molar-refractivity contribution >= 4 is 17.3 Å². The summed E-state index contributed by atoms with van der Waals surface area (Å²) in [5.41, 5.74) is 8.52. The number of carboxylic acids is 1. The first kappa shape index (κ1) is 23.7. The quantitative estimate of drug-likeness (QED) is 0.455. The number of aryl methyl sites for hydroxylation is 3. The first-order chi connectivity index (χ1) is 16.0. The van der Waals surface area contributed by atoms with Crippen molar-refractivity contribution in [3.05, 3.63) is 53.2 Å². The van der Waals surface area contributed by atoms with E-state index in [1.807, 2.05) is 17.6 Å². The summed E-state index contributed by atoms with van der Waals surface area (Å²) < 4.78 is 35.8. The molecule has 2 N–H and O–H groups in total.